The monoisotopic (exact) mass is 226 g/mol. The normalized spacial score (nSPS) is 13.9. The van der Waals surface area contributed by atoms with E-state index >= 15 is 0 Å². The molecule has 16 heavy (non-hydrogen) atoms. The van der Waals surface area contributed by atoms with Gasteiger partial charge in [0.15, 0.2) is 0 Å². The average molecular weight is 226 g/mol. The van der Waals surface area contributed by atoms with Gasteiger partial charge in [-0.15, -0.1) is 0 Å². The van der Waals surface area contributed by atoms with E-state index < -0.39 is 0 Å². The first-order valence-corrected chi connectivity index (χ1v) is 6.04. The molecule has 0 N–H and O–H groups in total. The fraction of sp³-hybridized carbons (Fsp3) is 0.0714. The van der Waals surface area contributed by atoms with Crippen LogP contribution in [0.1, 0.15) is 21.5 Å². The van der Waals surface area contributed by atoms with Gasteiger partial charge in [-0.1, -0.05) is 42.5 Å². The zero-order valence-corrected chi connectivity index (χ0v) is 9.46. The Bertz CT molecular complexity index is 560. The van der Waals surface area contributed by atoms with Gasteiger partial charge in [-0.05, 0) is 35.4 Å². The molecule has 2 aromatic rings. The summed E-state index contributed by atoms with van der Waals surface area (Å²) in [6.45, 7) is 0. The first kappa shape index (κ1) is 9.67. The molecule has 0 saturated heterocycles. The molecule has 2 heteroatoms. The molecule has 0 amide bonds. The van der Waals surface area contributed by atoms with E-state index in [2.05, 4.69) is 6.07 Å². The second-order valence-corrected chi connectivity index (χ2v) is 4.85. The van der Waals surface area contributed by atoms with E-state index in [0.29, 0.717) is 0 Å². The highest BCUT2D eigenvalue weighted by Crippen LogP contribution is 2.33. The van der Waals surface area contributed by atoms with Crippen molar-refractivity contribution in [2.75, 3.05) is 0 Å². The van der Waals surface area contributed by atoms with Crippen LogP contribution in [0.5, 0.6) is 0 Å². The molecule has 1 aliphatic heterocycles. The van der Waals surface area contributed by atoms with Crippen molar-refractivity contribution in [1.82, 2.24) is 0 Å². The summed E-state index contributed by atoms with van der Waals surface area (Å²) < 4.78 is 0. The molecule has 78 valence electrons. The summed E-state index contributed by atoms with van der Waals surface area (Å²) in [5, 5.41) is 0.153. The number of carbonyl (C=O) groups excluding carboxylic acids is 1. The second-order valence-electron chi connectivity index (χ2n) is 3.83. The molecule has 0 fully saturated rings. The molecule has 1 nitrogen and oxygen atoms in total. The van der Waals surface area contributed by atoms with E-state index in [1.165, 1.54) is 17.3 Å². The Hall–Kier alpha value is -1.54. The van der Waals surface area contributed by atoms with Crippen LogP contribution in [0.2, 0.25) is 0 Å². The Balaban J connectivity index is 2.18. The van der Waals surface area contributed by atoms with Gasteiger partial charge in [-0.3, -0.25) is 4.79 Å². The van der Waals surface area contributed by atoms with Crippen molar-refractivity contribution in [1.29, 1.82) is 0 Å². The van der Waals surface area contributed by atoms with Crippen molar-refractivity contribution in [2.24, 2.45) is 0 Å². The Morgan fingerprint density at radius 2 is 1.56 bits per heavy atom. The summed E-state index contributed by atoms with van der Waals surface area (Å²) in [4.78, 5) is 13.1. The van der Waals surface area contributed by atoms with E-state index in [1.54, 1.807) is 0 Å². The van der Waals surface area contributed by atoms with Gasteiger partial charge in [-0.2, -0.15) is 0 Å². The maximum Gasteiger partial charge on any atom is 0.224 e. The number of rotatable bonds is 0. The SMILES string of the molecule is O=C1Sc2ccccc2Cc2ccccc21. The van der Waals surface area contributed by atoms with Crippen molar-refractivity contribution < 1.29 is 4.79 Å². The lowest BCUT2D eigenvalue weighted by molar-refractivity contribution is 0.108. The van der Waals surface area contributed by atoms with Gasteiger partial charge < -0.3 is 0 Å². The molecule has 0 bridgehead atoms. The number of fused-ring (bicyclic) bond motifs is 2. The minimum absolute atomic E-state index is 0.153. The highest BCUT2D eigenvalue weighted by molar-refractivity contribution is 8.14. The third-order valence-corrected chi connectivity index (χ3v) is 3.82. The summed E-state index contributed by atoms with van der Waals surface area (Å²) >= 11 is 1.34. The van der Waals surface area contributed by atoms with Crippen molar-refractivity contribution in [3.63, 3.8) is 0 Å². The largest absolute Gasteiger partial charge is 0.281 e. The van der Waals surface area contributed by atoms with Crippen LogP contribution in [0.4, 0.5) is 0 Å². The first-order valence-electron chi connectivity index (χ1n) is 5.22. The summed E-state index contributed by atoms with van der Waals surface area (Å²) in [7, 11) is 0. The third-order valence-electron chi connectivity index (χ3n) is 2.79. The van der Waals surface area contributed by atoms with E-state index in [9.17, 15) is 4.79 Å². The fourth-order valence-corrected chi connectivity index (χ4v) is 2.91. The maximum absolute atomic E-state index is 12.0. The number of benzene rings is 2. The standard InChI is InChI=1S/C14H10OS/c15-14-12-7-3-1-5-10(12)9-11-6-2-4-8-13(11)16-14/h1-8H,9H2. The minimum Gasteiger partial charge on any atom is -0.281 e. The number of thioether (sulfide) groups is 1. The van der Waals surface area contributed by atoms with Crippen LogP contribution < -0.4 is 0 Å². The van der Waals surface area contributed by atoms with Crippen LogP contribution in [0.25, 0.3) is 0 Å². The molecule has 2 aromatic carbocycles. The van der Waals surface area contributed by atoms with E-state index in [0.717, 1.165) is 22.4 Å². The molecule has 0 aromatic heterocycles. The molecule has 1 aliphatic rings. The smallest absolute Gasteiger partial charge is 0.224 e. The predicted molar refractivity (Wildman–Crippen MR) is 65.9 cm³/mol. The molecule has 0 unspecified atom stereocenters. The highest BCUT2D eigenvalue weighted by atomic mass is 32.2. The number of hydrogen-bond acceptors (Lipinski definition) is 2. The average Bonchev–Trinajstić information content (AvgIpc) is 2.45. The zero-order chi connectivity index (χ0) is 11.0. The van der Waals surface area contributed by atoms with Crippen molar-refractivity contribution in [3.05, 3.63) is 65.2 Å². The molecule has 0 radical (unpaired) electrons. The summed E-state index contributed by atoms with van der Waals surface area (Å²) in [6, 6.07) is 16.0. The van der Waals surface area contributed by atoms with Crippen LogP contribution in [0, 0.1) is 0 Å². The van der Waals surface area contributed by atoms with E-state index in [-0.39, 0.29) is 5.12 Å². The fourth-order valence-electron chi connectivity index (χ4n) is 1.98. The van der Waals surface area contributed by atoms with Gasteiger partial charge in [0.1, 0.15) is 0 Å². The number of hydrogen-bond donors (Lipinski definition) is 0. The van der Waals surface area contributed by atoms with Crippen LogP contribution in [-0.2, 0) is 6.42 Å². The molecule has 0 aliphatic carbocycles. The highest BCUT2D eigenvalue weighted by Gasteiger charge is 2.19. The van der Waals surface area contributed by atoms with Crippen LogP contribution in [0.15, 0.2) is 53.4 Å². The second kappa shape index (κ2) is 3.80. The lowest BCUT2D eigenvalue weighted by atomic mass is 10.0. The van der Waals surface area contributed by atoms with Gasteiger partial charge in [0.05, 0.1) is 0 Å². The van der Waals surface area contributed by atoms with Crippen molar-refractivity contribution in [2.45, 2.75) is 11.3 Å². The summed E-state index contributed by atoms with van der Waals surface area (Å²) in [5.74, 6) is 0. The molecular formula is C14H10OS. The quantitative estimate of drug-likeness (QED) is 0.683. The lowest BCUT2D eigenvalue weighted by Crippen LogP contribution is -1.96. The first-order chi connectivity index (χ1) is 7.84. The van der Waals surface area contributed by atoms with Crippen molar-refractivity contribution in [3.8, 4) is 0 Å². The molecule has 3 rings (SSSR count). The molecular weight excluding hydrogens is 216 g/mol. The third kappa shape index (κ3) is 1.55. The lowest BCUT2D eigenvalue weighted by Gasteiger charge is -2.03. The topological polar surface area (TPSA) is 17.1 Å². The minimum atomic E-state index is 0.153. The molecule has 0 saturated carbocycles. The zero-order valence-electron chi connectivity index (χ0n) is 8.64. The van der Waals surface area contributed by atoms with Gasteiger partial charge in [-0.25, -0.2) is 0 Å². The Kier molecular flexibility index (Phi) is 2.29. The summed E-state index contributed by atoms with van der Waals surface area (Å²) in [6.07, 6.45) is 0.852. The Morgan fingerprint density at radius 3 is 2.44 bits per heavy atom. The van der Waals surface area contributed by atoms with Crippen LogP contribution in [-0.4, -0.2) is 5.12 Å². The molecule has 0 spiro atoms. The summed E-state index contributed by atoms with van der Waals surface area (Å²) in [5.41, 5.74) is 3.22. The molecule has 0 atom stereocenters. The van der Waals surface area contributed by atoms with Gasteiger partial charge in [0, 0.05) is 10.5 Å². The maximum atomic E-state index is 12.0. The predicted octanol–water partition coefficient (Wildman–Crippen LogP) is 3.52. The van der Waals surface area contributed by atoms with Crippen LogP contribution >= 0.6 is 11.8 Å². The number of carbonyl (C=O) groups is 1. The molecule has 1 heterocycles. The van der Waals surface area contributed by atoms with Crippen molar-refractivity contribution >= 4 is 16.9 Å². The van der Waals surface area contributed by atoms with Gasteiger partial charge >= 0.3 is 0 Å². The Labute approximate surface area is 98.5 Å². The van der Waals surface area contributed by atoms with Crippen LogP contribution in [0.3, 0.4) is 0 Å². The van der Waals surface area contributed by atoms with E-state index in [1.807, 2.05) is 42.5 Å². The van der Waals surface area contributed by atoms with Gasteiger partial charge in [0.25, 0.3) is 0 Å². The Morgan fingerprint density at radius 1 is 0.875 bits per heavy atom. The van der Waals surface area contributed by atoms with E-state index in [4.69, 9.17) is 0 Å². The van der Waals surface area contributed by atoms with Gasteiger partial charge in [0.2, 0.25) is 5.12 Å².